The Morgan fingerprint density at radius 2 is 1.53 bits per heavy atom. The van der Waals surface area contributed by atoms with E-state index in [1.165, 1.54) is 23.5 Å². The molecule has 0 aliphatic carbocycles. The third-order valence-corrected chi connectivity index (χ3v) is 6.00. The zero-order valence-electron chi connectivity index (χ0n) is 16.9. The van der Waals surface area contributed by atoms with E-state index in [2.05, 4.69) is 16.8 Å². The highest BCUT2D eigenvalue weighted by Gasteiger charge is 2.22. The first kappa shape index (κ1) is 21.4. The fourth-order valence-electron chi connectivity index (χ4n) is 3.37. The molecule has 4 rings (SSSR count). The molecule has 0 aliphatic rings. The van der Waals surface area contributed by atoms with Crippen molar-refractivity contribution in [3.8, 4) is 44.5 Å². The third kappa shape index (κ3) is 4.45. The minimum absolute atomic E-state index is 0.0386. The maximum Gasteiger partial charge on any atom is 0.335 e. The van der Waals surface area contributed by atoms with Crippen molar-refractivity contribution in [2.45, 2.75) is 6.42 Å². The van der Waals surface area contributed by atoms with Crippen LogP contribution in [0.2, 0.25) is 0 Å². The van der Waals surface area contributed by atoms with Gasteiger partial charge >= 0.3 is 5.97 Å². The van der Waals surface area contributed by atoms with E-state index in [4.69, 9.17) is 5.11 Å². The molecule has 0 radical (unpaired) electrons. The molecule has 2 heterocycles. The number of benzene rings is 2. The van der Waals surface area contributed by atoms with Crippen molar-refractivity contribution in [3.05, 3.63) is 89.3 Å². The van der Waals surface area contributed by atoms with Crippen LogP contribution in [-0.2, 0) is 0 Å². The van der Waals surface area contributed by atoms with Gasteiger partial charge in [0, 0.05) is 34.8 Å². The number of thiophene rings is 1. The summed E-state index contributed by atoms with van der Waals surface area (Å²) in [5.41, 5.74) is 4.56. The van der Waals surface area contributed by atoms with Gasteiger partial charge in [0.25, 0.3) is 0 Å². The number of nitrogens with zero attached hydrogens (tertiary/aromatic N) is 1. The van der Waals surface area contributed by atoms with Gasteiger partial charge < -0.3 is 10.2 Å². The van der Waals surface area contributed by atoms with E-state index in [1.807, 2.05) is 12.1 Å². The van der Waals surface area contributed by atoms with Crippen molar-refractivity contribution in [3.63, 3.8) is 0 Å². The minimum atomic E-state index is -0.994. The van der Waals surface area contributed by atoms with Crippen LogP contribution in [0.1, 0.15) is 21.7 Å². The number of aromatic carboxylic acids is 1. The molecule has 2 aromatic heterocycles. The van der Waals surface area contributed by atoms with E-state index in [0.717, 1.165) is 37.6 Å². The number of aliphatic hydroxyl groups is 1. The monoisotopic (exact) mass is 443 g/mol. The highest BCUT2D eigenvalue weighted by Crippen LogP contribution is 2.47. The van der Waals surface area contributed by atoms with Crippen LogP contribution in [0.5, 0.6) is 0 Å². The summed E-state index contributed by atoms with van der Waals surface area (Å²) in [6.07, 6.45) is 3.75. The average Bonchev–Trinajstić information content (AvgIpc) is 3.19. The number of hydrogen-bond donors (Lipinski definition) is 2. The summed E-state index contributed by atoms with van der Waals surface area (Å²) >= 11 is 1.48. The Kier molecular flexibility index (Phi) is 6.41. The number of pyridine rings is 1. The lowest BCUT2D eigenvalue weighted by Gasteiger charge is -2.10. The lowest BCUT2D eigenvalue weighted by atomic mass is 9.93. The largest absolute Gasteiger partial charge is 0.478 e. The molecular weight excluding hydrogens is 425 g/mol. The summed E-state index contributed by atoms with van der Waals surface area (Å²) in [6, 6.07) is 16.8. The number of hydrogen-bond acceptors (Lipinski definition) is 4. The van der Waals surface area contributed by atoms with Crippen molar-refractivity contribution in [2.75, 3.05) is 6.61 Å². The SMILES string of the molecule is O=C(O)c1ccc(-c2c(C#CCCO)sc(-c3ccc(F)cc3)c2-c2ccncc2)cc1. The Balaban J connectivity index is 2.01. The lowest BCUT2D eigenvalue weighted by Crippen LogP contribution is -1.95. The maximum absolute atomic E-state index is 13.6. The predicted molar refractivity (Wildman–Crippen MR) is 124 cm³/mol. The molecular formula is C26H18FNO3S. The van der Waals surface area contributed by atoms with Gasteiger partial charge in [-0.2, -0.15) is 0 Å². The highest BCUT2D eigenvalue weighted by molar-refractivity contribution is 7.17. The molecule has 0 atom stereocenters. The van der Waals surface area contributed by atoms with Crippen LogP contribution in [0, 0.1) is 17.7 Å². The smallest absolute Gasteiger partial charge is 0.335 e. The summed E-state index contributed by atoms with van der Waals surface area (Å²) < 4.78 is 13.6. The Labute approximate surface area is 188 Å². The van der Waals surface area contributed by atoms with Crippen molar-refractivity contribution in [1.82, 2.24) is 4.98 Å². The van der Waals surface area contributed by atoms with Crippen LogP contribution in [-0.4, -0.2) is 27.8 Å². The second-order valence-corrected chi connectivity index (χ2v) is 7.93. The van der Waals surface area contributed by atoms with Gasteiger partial charge in [-0.3, -0.25) is 4.98 Å². The van der Waals surface area contributed by atoms with Crippen LogP contribution < -0.4 is 0 Å². The molecule has 0 unspecified atom stereocenters. The lowest BCUT2D eigenvalue weighted by molar-refractivity contribution is 0.0697. The van der Waals surface area contributed by atoms with E-state index in [1.54, 1.807) is 48.8 Å². The molecule has 2 N–H and O–H groups in total. The van der Waals surface area contributed by atoms with E-state index >= 15 is 0 Å². The molecule has 6 heteroatoms. The van der Waals surface area contributed by atoms with Gasteiger partial charge in [0.15, 0.2) is 0 Å². The zero-order chi connectivity index (χ0) is 22.5. The number of rotatable bonds is 5. The fraction of sp³-hybridized carbons (Fsp3) is 0.0769. The molecule has 0 fully saturated rings. The quantitative estimate of drug-likeness (QED) is 0.387. The van der Waals surface area contributed by atoms with E-state index in [9.17, 15) is 14.3 Å². The standard InChI is InChI=1S/C26H18FNO3S/c27-21-10-8-19(9-11-21)25-24(18-12-14-28-15-13-18)23(22(32-25)3-1-2-16-29)17-4-6-20(7-5-17)26(30)31/h4-15,29H,2,16H2,(H,30,31). The van der Waals surface area contributed by atoms with E-state index in [-0.39, 0.29) is 18.0 Å². The molecule has 158 valence electrons. The summed E-state index contributed by atoms with van der Waals surface area (Å²) in [6.45, 7) is -0.0386. The Bertz CT molecular complexity index is 1300. The van der Waals surface area contributed by atoms with Crippen LogP contribution in [0.4, 0.5) is 4.39 Å². The van der Waals surface area contributed by atoms with Gasteiger partial charge in [0.1, 0.15) is 5.82 Å². The van der Waals surface area contributed by atoms with Gasteiger partial charge in [-0.1, -0.05) is 36.1 Å². The van der Waals surface area contributed by atoms with Crippen molar-refractivity contribution >= 4 is 17.3 Å². The van der Waals surface area contributed by atoms with Gasteiger partial charge in [0.05, 0.1) is 17.0 Å². The van der Waals surface area contributed by atoms with Crippen LogP contribution in [0.25, 0.3) is 32.7 Å². The van der Waals surface area contributed by atoms with Gasteiger partial charge in [-0.15, -0.1) is 11.3 Å². The summed E-state index contributed by atoms with van der Waals surface area (Å²) in [7, 11) is 0. The molecule has 0 spiro atoms. The summed E-state index contributed by atoms with van der Waals surface area (Å²) in [4.78, 5) is 17.1. The summed E-state index contributed by atoms with van der Waals surface area (Å²) in [5.74, 6) is 4.84. The molecule has 4 aromatic rings. The molecule has 32 heavy (non-hydrogen) atoms. The molecule has 0 saturated carbocycles. The Morgan fingerprint density at radius 3 is 2.16 bits per heavy atom. The number of aliphatic hydroxyl groups excluding tert-OH is 1. The molecule has 4 nitrogen and oxygen atoms in total. The normalized spacial score (nSPS) is 10.4. The van der Waals surface area contributed by atoms with Crippen LogP contribution in [0.3, 0.4) is 0 Å². The molecule has 2 aromatic carbocycles. The molecule has 0 saturated heterocycles. The molecule has 0 aliphatic heterocycles. The third-order valence-electron chi connectivity index (χ3n) is 4.84. The summed E-state index contributed by atoms with van der Waals surface area (Å²) in [5, 5.41) is 18.4. The Morgan fingerprint density at radius 1 is 0.906 bits per heavy atom. The number of carboxylic acid groups (broad SMARTS) is 1. The van der Waals surface area contributed by atoms with Gasteiger partial charge in [-0.05, 0) is 53.1 Å². The van der Waals surface area contributed by atoms with Crippen molar-refractivity contribution < 1.29 is 19.4 Å². The minimum Gasteiger partial charge on any atom is -0.478 e. The van der Waals surface area contributed by atoms with Gasteiger partial charge in [0.2, 0.25) is 0 Å². The molecule has 0 bridgehead atoms. The predicted octanol–water partition coefficient (Wildman–Crippen LogP) is 5.72. The fourth-order valence-corrected chi connectivity index (χ4v) is 4.60. The second-order valence-electron chi connectivity index (χ2n) is 6.91. The highest BCUT2D eigenvalue weighted by atomic mass is 32.1. The number of carbonyl (C=O) groups is 1. The number of carboxylic acids is 1. The van der Waals surface area contributed by atoms with Gasteiger partial charge in [-0.25, -0.2) is 9.18 Å². The second kappa shape index (κ2) is 9.56. The number of halogens is 1. The first-order chi connectivity index (χ1) is 15.6. The van der Waals surface area contributed by atoms with Crippen molar-refractivity contribution in [2.24, 2.45) is 0 Å². The van der Waals surface area contributed by atoms with Crippen LogP contribution in [0.15, 0.2) is 73.1 Å². The van der Waals surface area contributed by atoms with Crippen molar-refractivity contribution in [1.29, 1.82) is 0 Å². The van der Waals surface area contributed by atoms with E-state index in [0.29, 0.717) is 6.42 Å². The Hall–Kier alpha value is -3.79. The zero-order valence-corrected chi connectivity index (χ0v) is 17.7. The first-order valence-electron chi connectivity index (χ1n) is 9.85. The number of aromatic nitrogens is 1. The maximum atomic E-state index is 13.6. The van der Waals surface area contributed by atoms with Crippen LogP contribution >= 0.6 is 11.3 Å². The van der Waals surface area contributed by atoms with E-state index < -0.39 is 5.97 Å². The first-order valence-corrected chi connectivity index (χ1v) is 10.7. The average molecular weight is 443 g/mol. The topological polar surface area (TPSA) is 70.4 Å². The molecule has 0 amide bonds.